The summed E-state index contributed by atoms with van der Waals surface area (Å²) in [7, 11) is 1.09. The Labute approximate surface area is 135 Å². The number of hydrogen-bond donors (Lipinski definition) is 1. The topological polar surface area (TPSA) is 107 Å². The number of hydrogen-bond acceptors (Lipinski definition) is 5. The number of aryl methyl sites for hydroxylation is 1. The van der Waals surface area contributed by atoms with Gasteiger partial charge in [-0.05, 0) is 6.07 Å². The molecule has 1 N–H and O–H groups in total. The minimum absolute atomic E-state index is 0.0829. The summed E-state index contributed by atoms with van der Waals surface area (Å²) >= 11 is 0. The van der Waals surface area contributed by atoms with Gasteiger partial charge < -0.3 is 14.6 Å². The molecule has 0 radical (unpaired) electrons. The predicted octanol–water partition coefficient (Wildman–Crippen LogP) is -0.779. The first-order valence-corrected chi connectivity index (χ1v) is 8.70. The Balaban J connectivity index is 2.13. The Morgan fingerprint density at radius 2 is 2.13 bits per heavy atom. The molecular weight excluding hydrogens is 320 g/mol. The van der Waals surface area contributed by atoms with E-state index in [2.05, 4.69) is 0 Å². The van der Waals surface area contributed by atoms with Crippen LogP contribution in [-0.4, -0.2) is 72.2 Å². The molecule has 9 heteroatoms. The number of aromatic nitrogens is 1. The summed E-state index contributed by atoms with van der Waals surface area (Å²) in [4.78, 5) is 13.9. The molecule has 1 aromatic rings. The Morgan fingerprint density at radius 1 is 1.48 bits per heavy atom. The highest BCUT2D eigenvalue weighted by Crippen LogP contribution is 2.22. The zero-order valence-electron chi connectivity index (χ0n) is 13.3. The van der Waals surface area contributed by atoms with Gasteiger partial charge in [0.15, 0.2) is 0 Å². The van der Waals surface area contributed by atoms with Crippen molar-refractivity contribution in [3.05, 3.63) is 23.5 Å². The molecule has 0 aliphatic carbocycles. The van der Waals surface area contributed by atoms with Gasteiger partial charge in [-0.15, -0.1) is 0 Å². The molecule has 1 aliphatic rings. The summed E-state index contributed by atoms with van der Waals surface area (Å²) in [5, 5.41) is 19.0. The highest BCUT2D eigenvalue weighted by Gasteiger charge is 2.38. The number of rotatable bonds is 4. The Morgan fingerprint density at radius 3 is 2.65 bits per heavy atom. The van der Waals surface area contributed by atoms with Crippen molar-refractivity contribution in [2.24, 2.45) is 13.0 Å². The minimum Gasteiger partial charge on any atom is -0.391 e. The van der Waals surface area contributed by atoms with E-state index in [1.165, 1.54) is 25.1 Å². The van der Waals surface area contributed by atoms with E-state index in [-0.39, 0.29) is 24.7 Å². The number of amides is 1. The van der Waals surface area contributed by atoms with Gasteiger partial charge in [-0.3, -0.25) is 4.79 Å². The first-order valence-electron chi connectivity index (χ1n) is 7.09. The zero-order chi connectivity index (χ0) is 17.4. The average Bonchev–Trinajstić information content (AvgIpc) is 3.01. The molecule has 0 bridgehead atoms. The third-order valence-electron chi connectivity index (χ3n) is 4.03. The molecule has 8 nitrogen and oxygen atoms in total. The summed E-state index contributed by atoms with van der Waals surface area (Å²) < 4.78 is 26.6. The molecule has 126 valence electrons. The van der Waals surface area contributed by atoms with Gasteiger partial charge >= 0.3 is 0 Å². The molecule has 1 fully saturated rings. The van der Waals surface area contributed by atoms with Gasteiger partial charge in [-0.2, -0.15) is 5.26 Å². The fourth-order valence-corrected chi connectivity index (χ4v) is 3.77. The van der Waals surface area contributed by atoms with Crippen molar-refractivity contribution < 1.29 is 18.3 Å². The van der Waals surface area contributed by atoms with Gasteiger partial charge in [0, 0.05) is 46.3 Å². The van der Waals surface area contributed by atoms with Crippen LogP contribution in [-0.2, 0) is 17.1 Å². The Hall–Kier alpha value is -1.89. The lowest BCUT2D eigenvalue weighted by molar-refractivity contribution is 0.0755. The van der Waals surface area contributed by atoms with Crippen LogP contribution in [0.3, 0.4) is 0 Å². The zero-order valence-corrected chi connectivity index (χ0v) is 14.1. The number of carbonyl (C=O) groups excluding carboxylic acids is 1. The lowest BCUT2D eigenvalue weighted by Crippen LogP contribution is -2.34. The molecule has 1 amide bonds. The summed E-state index contributed by atoms with van der Waals surface area (Å²) in [6.45, 7) is 0.250. The summed E-state index contributed by atoms with van der Waals surface area (Å²) in [5.41, 5.74) is 0.715. The predicted molar refractivity (Wildman–Crippen MR) is 83.0 cm³/mol. The van der Waals surface area contributed by atoms with Crippen LogP contribution in [0.1, 0.15) is 16.1 Å². The second-order valence-corrected chi connectivity index (χ2v) is 8.16. The molecule has 0 unspecified atom stereocenters. The number of nitriles is 1. The van der Waals surface area contributed by atoms with Crippen LogP contribution < -0.4 is 0 Å². The maximum Gasteiger partial charge on any atom is 0.270 e. The van der Waals surface area contributed by atoms with E-state index in [1.54, 1.807) is 17.8 Å². The summed E-state index contributed by atoms with van der Waals surface area (Å²) in [6.07, 6.45) is 0.664. The molecule has 0 saturated carbocycles. The van der Waals surface area contributed by atoms with Gasteiger partial charge in [0.2, 0.25) is 10.0 Å². The number of carbonyl (C=O) groups is 1. The fraction of sp³-hybridized carbons (Fsp3) is 0.571. The van der Waals surface area contributed by atoms with Crippen LogP contribution in [0.2, 0.25) is 0 Å². The van der Waals surface area contributed by atoms with E-state index in [1.807, 2.05) is 6.07 Å². The first kappa shape index (κ1) is 17.5. The molecule has 1 aliphatic heterocycles. The number of nitrogens with zero attached hydrogens (tertiary/aromatic N) is 4. The molecule has 1 saturated heterocycles. The van der Waals surface area contributed by atoms with Crippen LogP contribution >= 0.6 is 0 Å². The van der Waals surface area contributed by atoms with Crippen molar-refractivity contribution in [3.8, 4) is 6.07 Å². The lowest BCUT2D eigenvalue weighted by atomic mass is 10.1. The van der Waals surface area contributed by atoms with E-state index in [0.717, 1.165) is 4.31 Å². The number of aliphatic hydroxyl groups is 1. The number of sulfonamides is 1. The van der Waals surface area contributed by atoms with Crippen molar-refractivity contribution in [2.45, 2.75) is 6.10 Å². The smallest absolute Gasteiger partial charge is 0.270 e. The average molecular weight is 340 g/mol. The fourth-order valence-electron chi connectivity index (χ4n) is 2.60. The molecule has 23 heavy (non-hydrogen) atoms. The van der Waals surface area contributed by atoms with Gasteiger partial charge in [-0.25, -0.2) is 12.7 Å². The maximum atomic E-state index is 12.5. The molecule has 2 rings (SSSR count). The number of aliphatic hydroxyl groups excluding tert-OH is 1. The first-order chi connectivity index (χ1) is 10.7. The normalized spacial score (nSPS) is 21.7. The van der Waals surface area contributed by atoms with E-state index < -0.39 is 22.0 Å². The highest BCUT2D eigenvalue weighted by atomic mass is 32.2. The van der Waals surface area contributed by atoms with E-state index in [9.17, 15) is 18.3 Å². The molecule has 2 atom stereocenters. The third-order valence-corrected chi connectivity index (χ3v) is 5.99. The minimum atomic E-state index is -3.45. The SMILES string of the molecule is CN(C)S(=O)(=O)C[C@@H]1CN(C(=O)c2cc(C#N)cn2C)C[C@H]1O. The molecule has 1 aromatic heterocycles. The molecule has 0 aromatic carbocycles. The van der Waals surface area contributed by atoms with E-state index in [0.29, 0.717) is 11.3 Å². The summed E-state index contributed by atoms with van der Waals surface area (Å²) in [6, 6.07) is 3.45. The highest BCUT2D eigenvalue weighted by molar-refractivity contribution is 7.89. The second kappa shape index (κ2) is 6.31. The molecule has 2 heterocycles. The maximum absolute atomic E-state index is 12.5. The van der Waals surface area contributed by atoms with Crippen LogP contribution in [0.4, 0.5) is 0 Å². The molecule has 0 spiro atoms. The van der Waals surface area contributed by atoms with E-state index >= 15 is 0 Å². The summed E-state index contributed by atoms with van der Waals surface area (Å²) in [5.74, 6) is -1.05. The standard InChI is InChI=1S/C14H20N4O4S/c1-16(2)23(21,22)9-11-7-18(8-13(11)19)14(20)12-4-10(5-15)6-17(12)3/h4,6,11,13,19H,7-9H2,1-3H3/t11-,13+/m0/s1. The van der Waals surface area contributed by atoms with Crippen molar-refractivity contribution in [3.63, 3.8) is 0 Å². The van der Waals surface area contributed by atoms with Gasteiger partial charge in [0.1, 0.15) is 11.8 Å². The number of β-amino-alcohol motifs (C(OH)–C–C–N with tert-alkyl or cyclic N) is 1. The van der Waals surface area contributed by atoms with Crippen LogP contribution in [0.15, 0.2) is 12.3 Å². The Bertz CT molecular complexity index is 747. The lowest BCUT2D eigenvalue weighted by Gasteiger charge is -2.18. The van der Waals surface area contributed by atoms with Crippen LogP contribution in [0.25, 0.3) is 0 Å². The van der Waals surface area contributed by atoms with E-state index in [4.69, 9.17) is 5.26 Å². The second-order valence-electron chi connectivity index (χ2n) is 5.94. The van der Waals surface area contributed by atoms with Crippen LogP contribution in [0.5, 0.6) is 0 Å². The number of likely N-dealkylation sites (tertiary alicyclic amines) is 1. The van der Waals surface area contributed by atoms with Crippen molar-refractivity contribution in [2.75, 3.05) is 32.9 Å². The van der Waals surface area contributed by atoms with Crippen LogP contribution in [0, 0.1) is 17.2 Å². The van der Waals surface area contributed by atoms with Gasteiger partial charge in [0.05, 0.1) is 17.4 Å². The monoisotopic (exact) mass is 340 g/mol. The van der Waals surface area contributed by atoms with Gasteiger partial charge in [-0.1, -0.05) is 0 Å². The molecular formula is C14H20N4O4S. The largest absolute Gasteiger partial charge is 0.391 e. The van der Waals surface area contributed by atoms with Crippen molar-refractivity contribution >= 4 is 15.9 Å². The Kier molecular flexibility index (Phi) is 4.79. The van der Waals surface area contributed by atoms with Gasteiger partial charge in [0.25, 0.3) is 5.91 Å². The third kappa shape index (κ3) is 3.55. The van der Waals surface area contributed by atoms with Crippen molar-refractivity contribution in [1.82, 2.24) is 13.8 Å². The van der Waals surface area contributed by atoms with Crippen molar-refractivity contribution in [1.29, 1.82) is 5.26 Å². The quantitative estimate of drug-likeness (QED) is 0.774.